The van der Waals surface area contributed by atoms with E-state index in [-0.39, 0.29) is 30.2 Å². The summed E-state index contributed by atoms with van der Waals surface area (Å²) in [5.41, 5.74) is 1.62. The van der Waals surface area contributed by atoms with Crippen LogP contribution in [0, 0.1) is 5.82 Å². The molecule has 0 spiro atoms. The largest absolute Gasteiger partial charge is 0.466 e. The molecule has 3 amide bonds. The third-order valence-electron chi connectivity index (χ3n) is 4.89. The number of urea groups is 1. The molecule has 0 saturated carbocycles. The minimum Gasteiger partial charge on any atom is -0.466 e. The van der Waals surface area contributed by atoms with Crippen LogP contribution in [0.3, 0.4) is 0 Å². The molecule has 0 aromatic heterocycles. The van der Waals surface area contributed by atoms with Crippen LogP contribution in [0.15, 0.2) is 53.5 Å². The molecule has 168 valence electrons. The Kier molecular flexibility index (Phi) is 7.54. The van der Waals surface area contributed by atoms with E-state index < -0.39 is 23.9 Å². The molecular weight excluding hydrogens is 415 g/mol. The summed E-state index contributed by atoms with van der Waals surface area (Å²) in [6.45, 7) is 2.24. The molecule has 1 aliphatic rings. The number of esters is 1. The van der Waals surface area contributed by atoms with Crippen LogP contribution in [-0.4, -0.2) is 50.0 Å². The van der Waals surface area contributed by atoms with Gasteiger partial charge < -0.3 is 20.3 Å². The summed E-state index contributed by atoms with van der Waals surface area (Å²) in [5, 5.41) is 5.14. The first-order chi connectivity index (χ1) is 15.4. The van der Waals surface area contributed by atoms with E-state index in [0.29, 0.717) is 24.3 Å². The third kappa shape index (κ3) is 5.29. The first-order valence-corrected chi connectivity index (χ1v) is 10.3. The number of nitrogens with zero attached hydrogens (tertiary/aromatic N) is 2. The monoisotopic (exact) mass is 440 g/mol. The van der Waals surface area contributed by atoms with Crippen molar-refractivity contribution in [1.82, 2.24) is 10.6 Å². The van der Waals surface area contributed by atoms with Crippen LogP contribution in [0.4, 0.5) is 14.9 Å². The molecule has 1 aliphatic heterocycles. The highest BCUT2D eigenvalue weighted by Crippen LogP contribution is 2.27. The van der Waals surface area contributed by atoms with E-state index in [1.165, 1.54) is 11.0 Å². The van der Waals surface area contributed by atoms with Crippen LogP contribution < -0.4 is 15.5 Å². The zero-order valence-corrected chi connectivity index (χ0v) is 17.9. The topological polar surface area (TPSA) is 100 Å². The van der Waals surface area contributed by atoms with E-state index in [1.807, 2.05) is 0 Å². The molecule has 0 fully saturated rings. The van der Waals surface area contributed by atoms with Crippen molar-refractivity contribution in [3.8, 4) is 0 Å². The molecule has 1 heterocycles. The van der Waals surface area contributed by atoms with Gasteiger partial charge in [0, 0.05) is 31.1 Å². The molecule has 8 nitrogen and oxygen atoms in total. The number of para-hydroxylation sites is 1. The number of carbonyl (C=O) groups excluding carboxylic acids is 3. The lowest BCUT2D eigenvalue weighted by Crippen LogP contribution is -2.49. The molecule has 2 N–H and O–H groups in total. The van der Waals surface area contributed by atoms with Gasteiger partial charge in [0.2, 0.25) is 6.17 Å². The van der Waals surface area contributed by atoms with Crippen LogP contribution in [0.5, 0.6) is 0 Å². The van der Waals surface area contributed by atoms with Gasteiger partial charge in [-0.05, 0) is 31.5 Å². The predicted octanol–water partition coefficient (Wildman–Crippen LogP) is 2.61. The molecule has 32 heavy (non-hydrogen) atoms. The Morgan fingerprint density at radius 2 is 1.81 bits per heavy atom. The van der Waals surface area contributed by atoms with Gasteiger partial charge in [0.05, 0.1) is 18.0 Å². The summed E-state index contributed by atoms with van der Waals surface area (Å²) in [6.07, 6.45) is -0.698. The van der Waals surface area contributed by atoms with Crippen molar-refractivity contribution in [3.63, 3.8) is 0 Å². The number of carbonyl (C=O) groups is 3. The highest BCUT2D eigenvalue weighted by molar-refractivity contribution is 6.20. The molecule has 2 aromatic rings. The number of hydrogen-bond acceptors (Lipinski definition) is 5. The first kappa shape index (κ1) is 22.9. The Bertz CT molecular complexity index is 1040. The number of aliphatic imine (C=N–C) groups is 1. The SMILES string of the molecule is CCOC(=O)CCCNC(=O)NC1N=C(c2ccccc2F)c2ccccc2N(C)C1=O. The predicted molar refractivity (Wildman–Crippen MR) is 118 cm³/mol. The van der Waals surface area contributed by atoms with E-state index in [1.54, 1.807) is 56.4 Å². The molecular formula is C23H25FN4O4. The number of nitrogens with one attached hydrogen (secondary N) is 2. The Balaban J connectivity index is 1.81. The number of benzodiazepines with no additional fused rings is 1. The maximum Gasteiger partial charge on any atom is 0.316 e. The van der Waals surface area contributed by atoms with Gasteiger partial charge in [0.15, 0.2) is 0 Å². The normalized spacial score (nSPS) is 15.3. The van der Waals surface area contributed by atoms with Crippen LogP contribution in [0.25, 0.3) is 0 Å². The second-order valence-electron chi connectivity index (χ2n) is 7.08. The highest BCUT2D eigenvalue weighted by atomic mass is 19.1. The van der Waals surface area contributed by atoms with Crippen molar-refractivity contribution in [2.75, 3.05) is 25.1 Å². The molecule has 3 rings (SSSR count). The third-order valence-corrected chi connectivity index (χ3v) is 4.89. The Morgan fingerprint density at radius 1 is 1.12 bits per heavy atom. The van der Waals surface area contributed by atoms with Gasteiger partial charge >= 0.3 is 12.0 Å². The number of likely N-dealkylation sites (N-methyl/N-ethyl adjacent to an activating group) is 1. The lowest BCUT2D eigenvalue weighted by molar-refractivity contribution is -0.143. The van der Waals surface area contributed by atoms with Gasteiger partial charge in [-0.1, -0.05) is 30.3 Å². The fraction of sp³-hybridized carbons (Fsp3) is 0.304. The van der Waals surface area contributed by atoms with E-state index in [9.17, 15) is 18.8 Å². The van der Waals surface area contributed by atoms with Crippen LogP contribution in [0.2, 0.25) is 0 Å². The molecule has 9 heteroatoms. The van der Waals surface area contributed by atoms with E-state index in [4.69, 9.17) is 4.74 Å². The van der Waals surface area contributed by atoms with E-state index in [0.717, 1.165) is 0 Å². The fourth-order valence-electron chi connectivity index (χ4n) is 3.33. The van der Waals surface area contributed by atoms with Crippen molar-refractivity contribution >= 4 is 29.3 Å². The first-order valence-electron chi connectivity index (χ1n) is 10.3. The van der Waals surface area contributed by atoms with Crippen LogP contribution in [0.1, 0.15) is 30.9 Å². The molecule has 2 aromatic carbocycles. The zero-order valence-electron chi connectivity index (χ0n) is 17.9. The van der Waals surface area contributed by atoms with Gasteiger partial charge in [-0.2, -0.15) is 0 Å². The maximum absolute atomic E-state index is 14.6. The van der Waals surface area contributed by atoms with Gasteiger partial charge in [0.1, 0.15) is 5.82 Å². The summed E-state index contributed by atoms with van der Waals surface area (Å²) in [6, 6.07) is 12.6. The van der Waals surface area contributed by atoms with Crippen LogP contribution >= 0.6 is 0 Å². The molecule has 1 unspecified atom stereocenters. The van der Waals surface area contributed by atoms with Gasteiger partial charge in [-0.25, -0.2) is 14.2 Å². The second-order valence-corrected chi connectivity index (χ2v) is 7.08. The molecule has 1 atom stereocenters. The Morgan fingerprint density at radius 3 is 2.53 bits per heavy atom. The Hall–Kier alpha value is -3.75. The Labute approximate surface area is 185 Å². The molecule has 0 bridgehead atoms. The van der Waals surface area contributed by atoms with Crippen molar-refractivity contribution in [1.29, 1.82) is 0 Å². The minimum absolute atomic E-state index is 0.171. The number of fused-ring (bicyclic) bond motifs is 1. The van der Waals surface area contributed by atoms with E-state index >= 15 is 0 Å². The number of benzene rings is 2. The molecule has 0 radical (unpaired) electrons. The number of hydrogen-bond donors (Lipinski definition) is 2. The molecule has 0 aliphatic carbocycles. The standard InChI is InChI=1S/C23H25FN4O4/c1-3-32-19(29)13-8-14-25-23(31)27-21-22(30)28(2)18-12-7-5-10-16(18)20(26-21)15-9-4-6-11-17(15)24/h4-7,9-12,21H,3,8,13-14H2,1-2H3,(H2,25,27,31). The van der Waals surface area contributed by atoms with Crippen molar-refractivity contribution in [2.24, 2.45) is 4.99 Å². The average molecular weight is 440 g/mol. The molecule has 0 saturated heterocycles. The minimum atomic E-state index is -1.26. The number of rotatable bonds is 7. The van der Waals surface area contributed by atoms with Crippen LogP contribution in [-0.2, 0) is 14.3 Å². The fourth-order valence-corrected chi connectivity index (χ4v) is 3.33. The number of ether oxygens (including phenoxy) is 1. The van der Waals surface area contributed by atoms with Crippen molar-refractivity contribution in [3.05, 3.63) is 65.5 Å². The number of halogens is 1. The summed E-state index contributed by atoms with van der Waals surface area (Å²) in [7, 11) is 1.58. The van der Waals surface area contributed by atoms with Crippen molar-refractivity contribution in [2.45, 2.75) is 25.9 Å². The smallest absolute Gasteiger partial charge is 0.316 e. The van der Waals surface area contributed by atoms with E-state index in [2.05, 4.69) is 15.6 Å². The quantitative estimate of drug-likeness (QED) is 0.511. The van der Waals surface area contributed by atoms with Gasteiger partial charge in [0.25, 0.3) is 5.91 Å². The maximum atomic E-state index is 14.6. The lowest BCUT2D eigenvalue weighted by atomic mass is 10.00. The summed E-state index contributed by atoms with van der Waals surface area (Å²) in [5.74, 6) is -1.29. The second kappa shape index (κ2) is 10.5. The lowest BCUT2D eigenvalue weighted by Gasteiger charge is -2.21. The summed E-state index contributed by atoms with van der Waals surface area (Å²) < 4.78 is 19.4. The number of amides is 3. The van der Waals surface area contributed by atoms with Gasteiger partial charge in [-0.15, -0.1) is 0 Å². The highest BCUT2D eigenvalue weighted by Gasteiger charge is 2.31. The number of anilines is 1. The zero-order chi connectivity index (χ0) is 23.1. The summed E-state index contributed by atoms with van der Waals surface area (Å²) >= 11 is 0. The van der Waals surface area contributed by atoms with Crippen molar-refractivity contribution < 1.29 is 23.5 Å². The average Bonchev–Trinajstić information content (AvgIpc) is 2.88. The summed E-state index contributed by atoms with van der Waals surface area (Å²) in [4.78, 5) is 42.6. The van der Waals surface area contributed by atoms with Gasteiger partial charge in [-0.3, -0.25) is 9.59 Å².